The topological polar surface area (TPSA) is 3.24 Å². The lowest BCUT2D eigenvalue weighted by Crippen LogP contribution is -2.27. The minimum Gasteiger partial charge on any atom is -0.303 e. The zero-order valence-corrected chi connectivity index (χ0v) is 34.0. The lowest BCUT2D eigenvalue weighted by Gasteiger charge is -2.22. The third-order valence-corrected chi connectivity index (χ3v) is 10.9. The predicted octanol–water partition coefficient (Wildman–Crippen LogP) is 16.8. The lowest BCUT2D eigenvalue weighted by atomic mass is 10.0. The molecule has 0 fully saturated rings. The summed E-state index contributed by atoms with van der Waals surface area (Å²) in [6.45, 7) is 13.5. The maximum atomic E-state index is 2.87. The van der Waals surface area contributed by atoms with Gasteiger partial charge in [-0.25, -0.2) is 0 Å². The van der Waals surface area contributed by atoms with Crippen molar-refractivity contribution in [2.24, 2.45) is 5.92 Å². The van der Waals surface area contributed by atoms with Crippen LogP contribution in [-0.2, 0) is 0 Å². The number of unbranched alkanes of at least 4 members (excludes halogenated alkanes) is 34. The van der Waals surface area contributed by atoms with Gasteiger partial charge in [0, 0.05) is 0 Å². The molecule has 0 spiro atoms. The van der Waals surface area contributed by atoms with Gasteiger partial charge in [-0.2, -0.15) is 0 Å². The van der Waals surface area contributed by atoms with Crippen molar-refractivity contribution in [1.29, 1.82) is 0 Å². The average molecular weight is 662 g/mol. The fourth-order valence-electron chi connectivity index (χ4n) is 7.52. The van der Waals surface area contributed by atoms with E-state index in [1.54, 1.807) is 0 Å². The highest BCUT2D eigenvalue weighted by Gasteiger charge is 2.05. The van der Waals surface area contributed by atoms with Gasteiger partial charge in [-0.1, -0.05) is 252 Å². The van der Waals surface area contributed by atoms with Crippen LogP contribution in [-0.4, -0.2) is 24.5 Å². The first-order valence-corrected chi connectivity index (χ1v) is 22.9. The Kier molecular flexibility index (Phi) is 42.1. The molecule has 0 aromatic rings. The van der Waals surface area contributed by atoms with Gasteiger partial charge in [0.15, 0.2) is 0 Å². The van der Waals surface area contributed by atoms with Gasteiger partial charge in [0.1, 0.15) is 0 Å². The summed E-state index contributed by atoms with van der Waals surface area (Å²) in [5.74, 6) is 0.887. The Labute approximate surface area is 301 Å². The maximum absolute atomic E-state index is 2.87. The van der Waals surface area contributed by atoms with E-state index in [2.05, 4.69) is 32.6 Å². The first-order chi connectivity index (χ1) is 23.2. The molecule has 1 nitrogen and oxygen atoms in total. The van der Waals surface area contributed by atoms with Crippen LogP contribution < -0.4 is 0 Å². The van der Waals surface area contributed by atoms with Gasteiger partial charge in [-0.15, -0.1) is 0 Å². The monoisotopic (exact) mass is 662 g/mol. The fourth-order valence-corrected chi connectivity index (χ4v) is 7.52. The molecule has 47 heavy (non-hydrogen) atoms. The Morgan fingerprint density at radius 3 is 0.660 bits per heavy atom. The highest BCUT2D eigenvalue weighted by molar-refractivity contribution is 4.61. The fraction of sp³-hybridized carbons (Fsp3) is 1.00. The summed E-state index contributed by atoms with van der Waals surface area (Å²) in [7, 11) is 0. The van der Waals surface area contributed by atoms with E-state index in [4.69, 9.17) is 0 Å². The van der Waals surface area contributed by atoms with Crippen molar-refractivity contribution in [3.05, 3.63) is 0 Å². The summed E-state index contributed by atoms with van der Waals surface area (Å²) in [5.41, 5.74) is 0. The lowest BCUT2D eigenvalue weighted by molar-refractivity contribution is 0.254. The summed E-state index contributed by atoms with van der Waals surface area (Å²) < 4.78 is 0. The Morgan fingerprint density at radius 1 is 0.255 bits per heavy atom. The van der Waals surface area contributed by atoms with Gasteiger partial charge in [-0.3, -0.25) is 0 Å². The molecule has 0 saturated heterocycles. The van der Waals surface area contributed by atoms with E-state index in [1.807, 2.05) is 0 Å². The summed E-state index contributed by atoms with van der Waals surface area (Å²) in [6, 6.07) is 0. The third kappa shape index (κ3) is 42.0. The molecule has 0 heterocycles. The number of hydrogen-bond acceptors (Lipinski definition) is 1. The standard InChI is InChI=1S/C46H95N/c1-5-7-9-11-13-15-17-19-21-23-27-31-35-39-43-47(45-41-37-33-29-25-26-30-34-38-42-46(3)4)44-40-36-32-28-24-22-20-18-16-14-12-10-8-6-2/h46H,5-45H2,1-4H3. The molecule has 1 heteroatoms. The minimum absolute atomic E-state index is 0.887. The normalized spacial score (nSPS) is 11.9. The molecule has 0 rings (SSSR count). The molecule has 0 radical (unpaired) electrons. The second-order valence-corrected chi connectivity index (χ2v) is 16.4. The van der Waals surface area contributed by atoms with E-state index < -0.39 is 0 Å². The van der Waals surface area contributed by atoms with Gasteiger partial charge < -0.3 is 4.90 Å². The third-order valence-electron chi connectivity index (χ3n) is 10.9. The number of hydrogen-bond donors (Lipinski definition) is 0. The molecule has 0 atom stereocenters. The zero-order valence-electron chi connectivity index (χ0n) is 34.0. The Morgan fingerprint density at radius 2 is 0.447 bits per heavy atom. The largest absolute Gasteiger partial charge is 0.303 e. The van der Waals surface area contributed by atoms with Gasteiger partial charge >= 0.3 is 0 Å². The first-order valence-electron chi connectivity index (χ1n) is 22.9. The van der Waals surface area contributed by atoms with E-state index in [0.29, 0.717) is 0 Å². The van der Waals surface area contributed by atoms with Gasteiger partial charge in [0.2, 0.25) is 0 Å². The second-order valence-electron chi connectivity index (χ2n) is 16.4. The first kappa shape index (κ1) is 47.0. The molecule has 0 aliphatic rings. The Bertz CT molecular complexity index is 495. The molecule has 0 amide bonds. The van der Waals surface area contributed by atoms with Crippen LogP contribution in [0.1, 0.15) is 272 Å². The highest BCUT2D eigenvalue weighted by atomic mass is 15.1. The molecule has 0 aromatic carbocycles. The Balaban J connectivity index is 3.92. The van der Waals surface area contributed by atoms with Crippen molar-refractivity contribution in [3.8, 4) is 0 Å². The molecule has 0 bridgehead atoms. The quantitative estimate of drug-likeness (QED) is 0.0588. The minimum atomic E-state index is 0.887. The molecule has 0 aromatic heterocycles. The van der Waals surface area contributed by atoms with Crippen molar-refractivity contribution in [1.82, 2.24) is 4.90 Å². The van der Waals surface area contributed by atoms with E-state index in [9.17, 15) is 0 Å². The molecular formula is C46H95N. The molecule has 0 aliphatic carbocycles. The molecule has 0 unspecified atom stereocenters. The highest BCUT2D eigenvalue weighted by Crippen LogP contribution is 2.17. The number of rotatable bonds is 42. The van der Waals surface area contributed by atoms with Crippen LogP contribution in [0.5, 0.6) is 0 Å². The van der Waals surface area contributed by atoms with Crippen molar-refractivity contribution >= 4 is 0 Å². The molecule has 0 N–H and O–H groups in total. The predicted molar refractivity (Wildman–Crippen MR) is 218 cm³/mol. The van der Waals surface area contributed by atoms with Crippen LogP contribution in [0.15, 0.2) is 0 Å². The van der Waals surface area contributed by atoms with E-state index >= 15 is 0 Å². The molecule has 284 valence electrons. The van der Waals surface area contributed by atoms with Crippen LogP contribution in [0.4, 0.5) is 0 Å². The van der Waals surface area contributed by atoms with Crippen LogP contribution in [0, 0.1) is 5.92 Å². The van der Waals surface area contributed by atoms with Gasteiger partial charge in [0.25, 0.3) is 0 Å². The van der Waals surface area contributed by atoms with Crippen molar-refractivity contribution in [3.63, 3.8) is 0 Å². The molecular weight excluding hydrogens is 567 g/mol. The van der Waals surface area contributed by atoms with Crippen molar-refractivity contribution in [2.45, 2.75) is 272 Å². The summed E-state index contributed by atoms with van der Waals surface area (Å²) in [4.78, 5) is 2.87. The smallest absolute Gasteiger partial charge is 0.00187 e. The molecule has 0 saturated carbocycles. The van der Waals surface area contributed by atoms with Gasteiger partial charge in [0.05, 0.1) is 0 Å². The van der Waals surface area contributed by atoms with E-state index in [1.165, 1.54) is 264 Å². The van der Waals surface area contributed by atoms with Crippen LogP contribution in [0.25, 0.3) is 0 Å². The SMILES string of the molecule is CCCCCCCCCCCCCCCCN(CCCCCCCCCCCCCCCC)CCCCCCCCCCCC(C)C. The van der Waals surface area contributed by atoms with Crippen LogP contribution in [0.2, 0.25) is 0 Å². The zero-order chi connectivity index (χ0) is 34.1. The average Bonchev–Trinajstić information content (AvgIpc) is 3.06. The van der Waals surface area contributed by atoms with E-state index in [0.717, 1.165) is 5.92 Å². The van der Waals surface area contributed by atoms with Gasteiger partial charge in [-0.05, 0) is 44.8 Å². The second kappa shape index (κ2) is 42.1. The maximum Gasteiger partial charge on any atom is -0.00187 e. The van der Waals surface area contributed by atoms with E-state index in [-0.39, 0.29) is 0 Å². The summed E-state index contributed by atoms with van der Waals surface area (Å²) in [6.07, 6.45) is 55.6. The van der Waals surface area contributed by atoms with Crippen LogP contribution >= 0.6 is 0 Å². The summed E-state index contributed by atoms with van der Waals surface area (Å²) >= 11 is 0. The summed E-state index contributed by atoms with van der Waals surface area (Å²) in [5, 5.41) is 0. The van der Waals surface area contributed by atoms with Crippen molar-refractivity contribution < 1.29 is 0 Å². The Hall–Kier alpha value is -0.0400. The van der Waals surface area contributed by atoms with Crippen LogP contribution in [0.3, 0.4) is 0 Å². The molecule has 0 aliphatic heterocycles. The number of nitrogens with zero attached hydrogens (tertiary/aromatic N) is 1. The van der Waals surface area contributed by atoms with Crippen molar-refractivity contribution in [2.75, 3.05) is 19.6 Å².